The maximum atomic E-state index is 10.8. The second-order valence-electron chi connectivity index (χ2n) is 9.72. The van der Waals surface area contributed by atoms with Gasteiger partial charge < -0.3 is 28.9 Å². The van der Waals surface area contributed by atoms with Crippen LogP contribution >= 0.6 is 8.60 Å². The fraction of sp³-hybridized carbons (Fsp3) is 0.167. The zero-order valence-electron chi connectivity index (χ0n) is 24.4. The van der Waals surface area contributed by atoms with Crippen molar-refractivity contribution in [2.45, 2.75) is 38.5 Å². The Labute approximate surface area is 255 Å². The number of benzene rings is 3. The molecule has 0 saturated heterocycles. The second-order valence-corrected chi connectivity index (χ2v) is 10.7. The fourth-order valence-electron chi connectivity index (χ4n) is 4.52. The summed E-state index contributed by atoms with van der Waals surface area (Å²) < 4.78 is 19.0. The van der Waals surface area contributed by atoms with Crippen molar-refractivity contribution in [3.8, 4) is 34.5 Å². The van der Waals surface area contributed by atoms with Gasteiger partial charge in [-0.25, -0.2) is 0 Å². The van der Waals surface area contributed by atoms with Crippen molar-refractivity contribution >= 4 is 8.60 Å². The summed E-state index contributed by atoms with van der Waals surface area (Å²) in [6.45, 7) is 22.8. The molecule has 0 aromatic heterocycles. The number of allylic oxidation sites excluding steroid dienone is 6. The molecule has 0 atom stereocenters. The van der Waals surface area contributed by atoms with Gasteiger partial charge in [-0.3, -0.25) is 0 Å². The summed E-state index contributed by atoms with van der Waals surface area (Å²) in [4.78, 5) is 0. The molecule has 0 bridgehead atoms. The Kier molecular flexibility index (Phi) is 12.3. The van der Waals surface area contributed by atoms with Gasteiger partial charge >= 0.3 is 8.60 Å². The molecule has 7 heteroatoms. The summed E-state index contributed by atoms with van der Waals surface area (Å²) in [5.74, 6) is 1.73. The molecule has 3 rings (SSSR count). The lowest BCUT2D eigenvalue weighted by molar-refractivity contribution is 0.384. The molecule has 0 amide bonds. The van der Waals surface area contributed by atoms with Gasteiger partial charge in [0.1, 0.15) is 34.5 Å². The normalized spacial score (nSPS) is 10.5. The highest BCUT2D eigenvalue weighted by Crippen LogP contribution is 2.46. The van der Waals surface area contributed by atoms with E-state index in [1.54, 1.807) is 72.9 Å². The Balaban J connectivity index is 2.13. The minimum Gasteiger partial charge on any atom is -0.507 e. The van der Waals surface area contributed by atoms with Crippen LogP contribution in [0.1, 0.15) is 33.4 Å². The highest BCUT2D eigenvalue weighted by atomic mass is 31.2. The van der Waals surface area contributed by atoms with Gasteiger partial charge in [-0.15, -0.1) is 39.5 Å². The van der Waals surface area contributed by atoms with Gasteiger partial charge in [-0.2, -0.15) is 0 Å². The minimum absolute atomic E-state index is 0.154. The van der Waals surface area contributed by atoms with E-state index in [0.717, 1.165) is 0 Å². The van der Waals surface area contributed by atoms with Crippen LogP contribution in [0, 0.1) is 0 Å². The molecule has 0 radical (unpaired) electrons. The maximum Gasteiger partial charge on any atom is 0.530 e. The quantitative estimate of drug-likeness (QED) is 0.100. The number of hydrogen-bond acceptors (Lipinski definition) is 6. The summed E-state index contributed by atoms with van der Waals surface area (Å²) >= 11 is 0. The molecule has 0 saturated carbocycles. The molecule has 0 unspecified atom stereocenters. The SMILES string of the molecule is C=CCc1cc(OP(Oc2cc(CC=C)c(O)c(CC=C)c2)Oc2cc(CC=C)c(O)c(CC=C)c2)cc(CC=C)c1O. The topological polar surface area (TPSA) is 88.4 Å². The van der Waals surface area contributed by atoms with Gasteiger partial charge in [0, 0.05) is 33.4 Å². The van der Waals surface area contributed by atoms with E-state index in [1.165, 1.54) is 0 Å². The number of aromatic hydroxyl groups is 3. The molecule has 6 nitrogen and oxygen atoms in total. The van der Waals surface area contributed by atoms with Crippen molar-refractivity contribution in [1.82, 2.24) is 0 Å². The molecule has 0 aliphatic heterocycles. The lowest BCUT2D eigenvalue weighted by atomic mass is 10.0. The van der Waals surface area contributed by atoms with E-state index in [2.05, 4.69) is 39.5 Å². The van der Waals surface area contributed by atoms with E-state index in [0.29, 0.717) is 89.2 Å². The standard InChI is InChI=1S/C36H39O6P/c1-7-13-25-19-31(20-26(14-8-2)34(25)37)40-43(41-32-21-27(15-9-3)35(38)28(22-32)16-10-4)42-33-23-29(17-11-5)36(39)30(24-33)18-12-6/h7-12,19-24,37-39H,1-6,13-18H2. The molecule has 224 valence electrons. The molecule has 0 heterocycles. The number of hydrogen-bond donors (Lipinski definition) is 3. The van der Waals surface area contributed by atoms with Crippen LogP contribution in [0.4, 0.5) is 0 Å². The van der Waals surface area contributed by atoms with Crippen molar-refractivity contribution in [2.75, 3.05) is 0 Å². The highest BCUT2D eigenvalue weighted by Gasteiger charge is 2.24. The molecule has 0 fully saturated rings. The summed E-state index contributed by atoms with van der Waals surface area (Å²) in [5.41, 5.74) is 3.81. The fourth-order valence-corrected chi connectivity index (χ4v) is 5.47. The predicted octanol–water partition coefficient (Wildman–Crippen LogP) is 8.94. The second kappa shape index (κ2) is 16.1. The lowest BCUT2D eigenvalue weighted by Gasteiger charge is -2.21. The van der Waals surface area contributed by atoms with E-state index in [-0.39, 0.29) is 17.2 Å². The molecule has 0 aliphatic rings. The summed E-state index contributed by atoms with van der Waals surface area (Å²) in [7, 11) is -2.15. The Bertz CT molecular complexity index is 1230. The maximum absolute atomic E-state index is 10.8. The number of phenolic OH excluding ortho intramolecular Hbond substituents is 3. The molecule has 0 aliphatic carbocycles. The van der Waals surface area contributed by atoms with Crippen LogP contribution in [0.25, 0.3) is 0 Å². The molecular weight excluding hydrogens is 559 g/mol. The van der Waals surface area contributed by atoms with Crippen LogP contribution in [-0.2, 0) is 38.5 Å². The largest absolute Gasteiger partial charge is 0.530 e. The third kappa shape index (κ3) is 8.67. The molecule has 3 aromatic carbocycles. The van der Waals surface area contributed by atoms with Crippen molar-refractivity contribution < 1.29 is 28.9 Å². The predicted molar refractivity (Wildman–Crippen MR) is 177 cm³/mol. The van der Waals surface area contributed by atoms with Crippen molar-refractivity contribution in [2.24, 2.45) is 0 Å². The highest BCUT2D eigenvalue weighted by molar-refractivity contribution is 7.43. The summed E-state index contributed by atoms with van der Waals surface area (Å²) in [6.07, 6.45) is 12.7. The van der Waals surface area contributed by atoms with Crippen LogP contribution < -0.4 is 13.6 Å². The van der Waals surface area contributed by atoms with Crippen molar-refractivity contribution in [3.63, 3.8) is 0 Å². The van der Waals surface area contributed by atoms with Crippen LogP contribution in [0.15, 0.2) is 112 Å². The first kappa shape index (κ1) is 32.8. The zero-order valence-corrected chi connectivity index (χ0v) is 25.3. The van der Waals surface area contributed by atoms with Gasteiger partial charge in [0.05, 0.1) is 0 Å². The van der Waals surface area contributed by atoms with E-state index in [1.807, 2.05) is 0 Å². The molecule has 0 spiro atoms. The first-order chi connectivity index (χ1) is 20.8. The van der Waals surface area contributed by atoms with Crippen LogP contribution in [0.5, 0.6) is 34.5 Å². The number of phenols is 3. The smallest absolute Gasteiger partial charge is 0.507 e. The first-order valence-corrected chi connectivity index (χ1v) is 14.9. The van der Waals surface area contributed by atoms with Crippen molar-refractivity contribution in [1.29, 1.82) is 0 Å². The molecule has 43 heavy (non-hydrogen) atoms. The number of rotatable bonds is 18. The van der Waals surface area contributed by atoms with Gasteiger partial charge in [-0.1, -0.05) is 36.5 Å². The Morgan fingerprint density at radius 2 is 0.605 bits per heavy atom. The van der Waals surface area contributed by atoms with Gasteiger partial charge in [0.25, 0.3) is 0 Å². The van der Waals surface area contributed by atoms with Crippen LogP contribution in [0.3, 0.4) is 0 Å². The van der Waals surface area contributed by atoms with Crippen molar-refractivity contribution in [3.05, 3.63) is 146 Å². The van der Waals surface area contributed by atoms with Crippen LogP contribution in [-0.4, -0.2) is 15.3 Å². The molecule has 3 aromatic rings. The third-order valence-electron chi connectivity index (χ3n) is 6.45. The average molecular weight is 599 g/mol. The molecular formula is C36H39O6P. The van der Waals surface area contributed by atoms with E-state index < -0.39 is 8.60 Å². The van der Waals surface area contributed by atoms with E-state index >= 15 is 0 Å². The van der Waals surface area contributed by atoms with Crippen LogP contribution in [0.2, 0.25) is 0 Å². The zero-order chi connectivity index (χ0) is 31.4. The average Bonchev–Trinajstić information content (AvgIpc) is 2.97. The lowest BCUT2D eigenvalue weighted by Crippen LogP contribution is -2.05. The van der Waals surface area contributed by atoms with E-state index in [4.69, 9.17) is 13.6 Å². The third-order valence-corrected chi connectivity index (χ3v) is 7.53. The Morgan fingerprint density at radius 1 is 0.419 bits per heavy atom. The van der Waals surface area contributed by atoms with Gasteiger partial charge in [-0.05, 0) is 74.9 Å². The Hall–Kier alpha value is -4.67. The monoisotopic (exact) mass is 598 g/mol. The van der Waals surface area contributed by atoms with E-state index in [9.17, 15) is 15.3 Å². The summed E-state index contributed by atoms with van der Waals surface area (Å²) in [5, 5.41) is 32.3. The molecule has 3 N–H and O–H groups in total. The first-order valence-electron chi connectivity index (χ1n) is 13.8. The van der Waals surface area contributed by atoms with Gasteiger partial charge in [0.2, 0.25) is 0 Å². The van der Waals surface area contributed by atoms with Gasteiger partial charge in [0.15, 0.2) is 0 Å². The minimum atomic E-state index is -2.15. The Morgan fingerprint density at radius 3 is 0.767 bits per heavy atom. The summed E-state index contributed by atoms with van der Waals surface area (Å²) in [6, 6.07) is 10.3.